The summed E-state index contributed by atoms with van der Waals surface area (Å²) in [6, 6.07) is 2.58. The summed E-state index contributed by atoms with van der Waals surface area (Å²) in [4.78, 5) is 0. The summed E-state index contributed by atoms with van der Waals surface area (Å²) >= 11 is 0. The third kappa shape index (κ3) is 36.5. The lowest BCUT2D eigenvalue weighted by atomic mass is 10.0. The average molecular weight is 739 g/mol. The van der Waals surface area contributed by atoms with Gasteiger partial charge in [-0.2, -0.15) is 0 Å². The highest BCUT2D eigenvalue weighted by atomic mass is 14.9. The Morgan fingerprint density at radius 3 is 0.717 bits per heavy atom. The van der Waals surface area contributed by atoms with Crippen molar-refractivity contribution in [3.05, 3.63) is 29.6 Å². The van der Waals surface area contributed by atoms with Gasteiger partial charge in [-0.05, 0) is 38.2 Å². The first kappa shape index (κ1) is 50.2. The van der Waals surface area contributed by atoms with Gasteiger partial charge in [0.25, 0.3) is 0 Å². The summed E-state index contributed by atoms with van der Waals surface area (Å²) in [5.41, 5.74) is 3.22. The van der Waals surface area contributed by atoms with Crippen LogP contribution in [-0.2, 0) is 19.4 Å². The van der Waals surface area contributed by atoms with Crippen LogP contribution in [0.5, 0.6) is 0 Å². The van der Waals surface area contributed by atoms with Gasteiger partial charge in [-0.15, -0.1) is 0 Å². The molecule has 1 heteroatoms. The highest BCUT2D eigenvalue weighted by Gasteiger charge is 2.09. The SMILES string of the molecule is CCCCCCCCCCCCCCCCCCCc1cc(CCCCCCCCCCCCCCCCCCC)c[n+](CCCCCCCCC)c1. The number of unbranched alkanes of at least 4 members (excludes halogenated alkanes) is 38. The summed E-state index contributed by atoms with van der Waals surface area (Å²) in [5.74, 6) is 0. The van der Waals surface area contributed by atoms with Crippen molar-refractivity contribution in [2.24, 2.45) is 0 Å². The predicted molar refractivity (Wildman–Crippen MR) is 240 cm³/mol. The molecular weight excluding hydrogens is 639 g/mol. The fourth-order valence-electron chi connectivity index (χ4n) is 8.54. The number of nitrogens with zero attached hydrogens (tertiary/aromatic N) is 1. The number of aromatic nitrogens is 1. The van der Waals surface area contributed by atoms with E-state index in [0.29, 0.717) is 0 Å². The van der Waals surface area contributed by atoms with Crippen molar-refractivity contribution in [3.63, 3.8) is 0 Å². The first-order chi connectivity index (χ1) is 26.3. The van der Waals surface area contributed by atoms with Crippen LogP contribution in [0.2, 0.25) is 0 Å². The molecule has 0 spiro atoms. The number of rotatable bonds is 44. The van der Waals surface area contributed by atoms with Gasteiger partial charge in [0.15, 0.2) is 12.4 Å². The van der Waals surface area contributed by atoms with Crippen molar-refractivity contribution in [2.45, 2.75) is 303 Å². The van der Waals surface area contributed by atoms with E-state index < -0.39 is 0 Å². The lowest BCUT2D eigenvalue weighted by Crippen LogP contribution is -2.34. The molecule has 1 nitrogen and oxygen atoms in total. The van der Waals surface area contributed by atoms with Crippen molar-refractivity contribution in [1.29, 1.82) is 0 Å². The molecule has 0 amide bonds. The minimum atomic E-state index is 1.21. The molecule has 53 heavy (non-hydrogen) atoms. The minimum Gasteiger partial charge on any atom is -0.205 e. The van der Waals surface area contributed by atoms with Crippen LogP contribution in [-0.4, -0.2) is 0 Å². The molecule has 0 aliphatic carbocycles. The molecule has 1 heterocycles. The van der Waals surface area contributed by atoms with E-state index in [-0.39, 0.29) is 0 Å². The molecule has 0 saturated heterocycles. The lowest BCUT2D eigenvalue weighted by Gasteiger charge is -2.07. The zero-order valence-electron chi connectivity index (χ0n) is 37.3. The maximum absolute atomic E-state index is 2.58. The van der Waals surface area contributed by atoms with E-state index in [9.17, 15) is 0 Å². The van der Waals surface area contributed by atoms with Crippen molar-refractivity contribution < 1.29 is 4.57 Å². The molecular formula is C52H100N+. The number of pyridine rings is 1. The Morgan fingerprint density at radius 1 is 0.264 bits per heavy atom. The van der Waals surface area contributed by atoms with Crippen molar-refractivity contribution in [1.82, 2.24) is 0 Å². The van der Waals surface area contributed by atoms with Crippen LogP contribution >= 0.6 is 0 Å². The Morgan fingerprint density at radius 2 is 0.472 bits per heavy atom. The summed E-state index contributed by atoms with van der Waals surface area (Å²) in [6.07, 6.45) is 66.8. The molecule has 0 unspecified atom stereocenters. The van der Waals surface area contributed by atoms with Crippen LogP contribution in [0.25, 0.3) is 0 Å². The molecule has 0 aromatic carbocycles. The predicted octanol–water partition coefficient (Wildman–Crippen LogP) is 18.1. The lowest BCUT2D eigenvalue weighted by molar-refractivity contribution is -0.698. The Labute approximate surface area is 336 Å². The normalized spacial score (nSPS) is 11.6. The van der Waals surface area contributed by atoms with Crippen LogP contribution in [0.3, 0.4) is 0 Å². The standard InChI is InChI=1S/C52H100N/c1-4-7-10-13-16-18-20-22-24-26-28-30-32-34-36-39-42-45-51-48-52(50-53(49-51)47-44-41-38-15-12-9-6-3)46-43-40-37-35-33-31-29-27-25-23-21-19-17-14-11-8-5-2/h48-50H,4-47H2,1-3H3/q+1. The van der Waals surface area contributed by atoms with Crippen LogP contribution in [0.4, 0.5) is 0 Å². The molecule has 0 N–H and O–H groups in total. The van der Waals surface area contributed by atoms with Gasteiger partial charge in [0.05, 0.1) is 0 Å². The van der Waals surface area contributed by atoms with E-state index in [1.54, 1.807) is 11.1 Å². The van der Waals surface area contributed by atoms with Gasteiger partial charge in [0.1, 0.15) is 6.54 Å². The van der Waals surface area contributed by atoms with Crippen LogP contribution in [0.15, 0.2) is 18.5 Å². The van der Waals surface area contributed by atoms with Gasteiger partial charge in [-0.1, -0.05) is 258 Å². The topological polar surface area (TPSA) is 3.88 Å². The van der Waals surface area contributed by atoms with Gasteiger partial charge in [-0.25, -0.2) is 4.57 Å². The largest absolute Gasteiger partial charge is 0.205 e. The Hall–Kier alpha value is -0.850. The number of hydrogen-bond acceptors (Lipinski definition) is 0. The maximum atomic E-state index is 2.58. The molecule has 0 aliphatic rings. The fraction of sp³-hybridized carbons (Fsp3) is 0.904. The Bertz CT molecular complexity index is 772. The Kier molecular flexibility index (Phi) is 40.0. The second-order valence-corrected chi connectivity index (χ2v) is 17.7. The quantitative estimate of drug-likeness (QED) is 0.0464. The molecule has 0 aliphatic heterocycles. The molecule has 0 bridgehead atoms. The fourth-order valence-corrected chi connectivity index (χ4v) is 8.54. The highest BCUT2D eigenvalue weighted by molar-refractivity contribution is 5.15. The van der Waals surface area contributed by atoms with E-state index in [2.05, 4.69) is 43.8 Å². The van der Waals surface area contributed by atoms with E-state index in [1.807, 2.05) is 0 Å². The third-order valence-corrected chi connectivity index (χ3v) is 12.2. The van der Waals surface area contributed by atoms with Gasteiger partial charge in [0, 0.05) is 17.5 Å². The maximum Gasteiger partial charge on any atom is 0.171 e. The second-order valence-electron chi connectivity index (χ2n) is 17.7. The van der Waals surface area contributed by atoms with Crippen LogP contribution in [0.1, 0.15) is 295 Å². The van der Waals surface area contributed by atoms with E-state index >= 15 is 0 Å². The summed E-state index contributed by atoms with van der Waals surface area (Å²) < 4.78 is 2.58. The minimum absolute atomic E-state index is 1.21. The summed E-state index contributed by atoms with van der Waals surface area (Å²) in [7, 11) is 0. The van der Waals surface area contributed by atoms with E-state index in [1.165, 1.54) is 283 Å². The van der Waals surface area contributed by atoms with Gasteiger partial charge in [0.2, 0.25) is 0 Å². The zero-order valence-corrected chi connectivity index (χ0v) is 37.3. The zero-order chi connectivity index (χ0) is 38.0. The molecule has 312 valence electrons. The summed E-state index contributed by atoms with van der Waals surface area (Å²) in [6.45, 7) is 8.16. The molecule has 1 aromatic heterocycles. The molecule has 0 atom stereocenters. The first-order valence-corrected chi connectivity index (χ1v) is 25.3. The van der Waals surface area contributed by atoms with Crippen molar-refractivity contribution in [2.75, 3.05) is 0 Å². The van der Waals surface area contributed by atoms with E-state index in [4.69, 9.17) is 0 Å². The molecule has 0 saturated carbocycles. The Balaban J connectivity index is 2.19. The number of aryl methyl sites for hydroxylation is 3. The highest BCUT2D eigenvalue weighted by Crippen LogP contribution is 2.18. The molecule has 0 fully saturated rings. The summed E-state index contributed by atoms with van der Waals surface area (Å²) in [5, 5.41) is 0. The van der Waals surface area contributed by atoms with Gasteiger partial charge < -0.3 is 0 Å². The van der Waals surface area contributed by atoms with Crippen molar-refractivity contribution in [3.8, 4) is 0 Å². The second kappa shape index (κ2) is 42.3. The van der Waals surface area contributed by atoms with Crippen molar-refractivity contribution >= 4 is 0 Å². The van der Waals surface area contributed by atoms with E-state index in [0.717, 1.165) is 0 Å². The molecule has 1 aromatic rings. The average Bonchev–Trinajstić information content (AvgIpc) is 3.17. The van der Waals surface area contributed by atoms with Crippen LogP contribution in [0, 0.1) is 0 Å². The first-order valence-electron chi connectivity index (χ1n) is 25.3. The smallest absolute Gasteiger partial charge is 0.171 e. The molecule has 0 radical (unpaired) electrons. The monoisotopic (exact) mass is 739 g/mol. The molecule has 1 rings (SSSR count). The van der Waals surface area contributed by atoms with Gasteiger partial charge in [-0.3, -0.25) is 0 Å². The van der Waals surface area contributed by atoms with Crippen LogP contribution < -0.4 is 4.57 Å². The third-order valence-electron chi connectivity index (χ3n) is 12.2. The van der Waals surface area contributed by atoms with Gasteiger partial charge >= 0.3 is 0 Å². The number of hydrogen-bond donors (Lipinski definition) is 0.